The van der Waals surface area contributed by atoms with Crippen LogP contribution >= 0.6 is 0 Å². The van der Waals surface area contributed by atoms with Gasteiger partial charge >= 0.3 is 0 Å². The molecule has 0 unspecified atom stereocenters. The second-order valence-corrected chi connectivity index (χ2v) is 3.18. The van der Waals surface area contributed by atoms with Gasteiger partial charge in [-0.1, -0.05) is 42.5 Å². The van der Waals surface area contributed by atoms with Gasteiger partial charge in [0.05, 0.1) is 6.61 Å². The van der Waals surface area contributed by atoms with Gasteiger partial charge in [-0.15, -0.1) is 0 Å². The number of allylic oxidation sites excluding steroid dienone is 4. The van der Waals surface area contributed by atoms with Crippen molar-refractivity contribution in [2.24, 2.45) is 0 Å². The lowest BCUT2D eigenvalue weighted by molar-refractivity contribution is 0.282. The maximum Gasteiger partial charge on any atom is 0.0681 e. The Morgan fingerprint density at radius 3 is 2.46 bits per heavy atom. The molecular formula is C12H12O. The van der Waals surface area contributed by atoms with E-state index in [4.69, 9.17) is 5.11 Å². The van der Waals surface area contributed by atoms with Crippen LogP contribution in [0.2, 0.25) is 0 Å². The summed E-state index contributed by atoms with van der Waals surface area (Å²) in [5, 5.41) is 8.87. The maximum atomic E-state index is 8.87. The van der Waals surface area contributed by atoms with E-state index in [0.29, 0.717) is 0 Å². The Morgan fingerprint density at radius 1 is 1.15 bits per heavy atom. The number of hydrogen-bond acceptors (Lipinski definition) is 1. The van der Waals surface area contributed by atoms with Crippen LogP contribution in [0.15, 0.2) is 42.5 Å². The van der Waals surface area contributed by atoms with Crippen LogP contribution in [0.25, 0.3) is 5.57 Å². The Bertz CT molecular complexity index is 344. The SMILES string of the molecule is OCc1ccc(C2=CC=CC2)cc1. The van der Waals surface area contributed by atoms with E-state index < -0.39 is 0 Å². The summed E-state index contributed by atoms with van der Waals surface area (Å²) < 4.78 is 0. The Morgan fingerprint density at radius 2 is 1.92 bits per heavy atom. The van der Waals surface area contributed by atoms with Gasteiger partial charge in [-0.2, -0.15) is 0 Å². The van der Waals surface area contributed by atoms with Crippen LogP contribution in [0.4, 0.5) is 0 Å². The van der Waals surface area contributed by atoms with Gasteiger partial charge in [0.25, 0.3) is 0 Å². The van der Waals surface area contributed by atoms with Gasteiger partial charge in [0.2, 0.25) is 0 Å². The standard InChI is InChI=1S/C12H12O/c13-9-10-5-7-12(8-6-10)11-3-1-2-4-11/h1-3,5-8,13H,4,9H2. The van der Waals surface area contributed by atoms with Crippen molar-refractivity contribution in [1.82, 2.24) is 0 Å². The van der Waals surface area contributed by atoms with E-state index in [-0.39, 0.29) is 6.61 Å². The lowest BCUT2D eigenvalue weighted by Crippen LogP contribution is -1.84. The zero-order valence-corrected chi connectivity index (χ0v) is 7.40. The monoisotopic (exact) mass is 172 g/mol. The molecule has 0 fully saturated rings. The van der Waals surface area contributed by atoms with E-state index in [2.05, 4.69) is 30.4 Å². The summed E-state index contributed by atoms with van der Waals surface area (Å²) in [5.74, 6) is 0. The minimum absolute atomic E-state index is 0.123. The lowest BCUT2D eigenvalue weighted by atomic mass is 10.0. The fourth-order valence-electron chi connectivity index (χ4n) is 1.49. The highest BCUT2D eigenvalue weighted by Crippen LogP contribution is 2.23. The smallest absolute Gasteiger partial charge is 0.0681 e. The van der Waals surface area contributed by atoms with E-state index in [9.17, 15) is 0 Å². The molecule has 0 amide bonds. The molecule has 66 valence electrons. The highest BCUT2D eigenvalue weighted by molar-refractivity contribution is 5.70. The van der Waals surface area contributed by atoms with Crippen LogP contribution in [0.3, 0.4) is 0 Å². The molecule has 0 saturated carbocycles. The molecule has 1 aliphatic rings. The van der Waals surface area contributed by atoms with E-state index in [1.54, 1.807) is 0 Å². The molecule has 0 aliphatic heterocycles. The Hall–Kier alpha value is -1.34. The van der Waals surface area contributed by atoms with Crippen molar-refractivity contribution in [3.63, 3.8) is 0 Å². The van der Waals surface area contributed by atoms with Crippen molar-refractivity contribution in [1.29, 1.82) is 0 Å². The summed E-state index contributed by atoms with van der Waals surface area (Å²) in [6, 6.07) is 8.05. The molecule has 0 heterocycles. The zero-order chi connectivity index (χ0) is 9.10. The first-order chi connectivity index (χ1) is 6.40. The molecule has 2 rings (SSSR count). The predicted octanol–water partition coefficient (Wildman–Crippen LogP) is 2.52. The molecule has 0 atom stereocenters. The molecule has 1 aromatic rings. The summed E-state index contributed by atoms with van der Waals surface area (Å²) >= 11 is 0. The average Bonchev–Trinajstić information content (AvgIpc) is 2.71. The minimum Gasteiger partial charge on any atom is -0.392 e. The molecule has 0 bridgehead atoms. The van der Waals surface area contributed by atoms with Gasteiger partial charge in [0.15, 0.2) is 0 Å². The van der Waals surface area contributed by atoms with Gasteiger partial charge in [0.1, 0.15) is 0 Å². The first-order valence-electron chi connectivity index (χ1n) is 4.46. The summed E-state index contributed by atoms with van der Waals surface area (Å²) in [6.07, 6.45) is 7.39. The van der Waals surface area contributed by atoms with Crippen molar-refractivity contribution < 1.29 is 5.11 Å². The molecule has 13 heavy (non-hydrogen) atoms. The molecule has 1 aliphatic carbocycles. The largest absolute Gasteiger partial charge is 0.392 e. The van der Waals surface area contributed by atoms with Gasteiger partial charge in [-0.3, -0.25) is 0 Å². The third-order valence-corrected chi connectivity index (χ3v) is 2.28. The molecule has 0 aromatic heterocycles. The van der Waals surface area contributed by atoms with Crippen molar-refractivity contribution in [3.8, 4) is 0 Å². The van der Waals surface area contributed by atoms with Crippen LogP contribution < -0.4 is 0 Å². The second-order valence-electron chi connectivity index (χ2n) is 3.18. The highest BCUT2D eigenvalue weighted by Gasteiger charge is 2.01. The summed E-state index contributed by atoms with van der Waals surface area (Å²) in [5.41, 5.74) is 3.57. The molecule has 0 radical (unpaired) electrons. The number of aliphatic hydroxyl groups excluding tert-OH is 1. The Balaban J connectivity index is 2.23. The van der Waals surface area contributed by atoms with Crippen molar-refractivity contribution >= 4 is 5.57 Å². The van der Waals surface area contributed by atoms with Crippen LogP contribution in [0, 0.1) is 0 Å². The molecular weight excluding hydrogens is 160 g/mol. The van der Waals surface area contributed by atoms with Crippen molar-refractivity contribution in [2.45, 2.75) is 13.0 Å². The zero-order valence-electron chi connectivity index (χ0n) is 7.40. The molecule has 1 aromatic carbocycles. The highest BCUT2D eigenvalue weighted by atomic mass is 16.3. The first-order valence-corrected chi connectivity index (χ1v) is 4.46. The normalized spacial score (nSPS) is 14.7. The van der Waals surface area contributed by atoms with Crippen LogP contribution in [0.5, 0.6) is 0 Å². The van der Waals surface area contributed by atoms with E-state index >= 15 is 0 Å². The Labute approximate surface area is 78.0 Å². The molecule has 0 spiro atoms. The summed E-state index contributed by atoms with van der Waals surface area (Å²) in [6.45, 7) is 0.123. The Kier molecular flexibility index (Phi) is 2.28. The molecule has 1 N–H and O–H groups in total. The van der Waals surface area contributed by atoms with Gasteiger partial charge in [-0.05, 0) is 23.1 Å². The number of hydrogen-bond donors (Lipinski definition) is 1. The van der Waals surface area contributed by atoms with Crippen LogP contribution in [-0.2, 0) is 6.61 Å². The van der Waals surface area contributed by atoms with E-state index in [1.165, 1.54) is 11.1 Å². The first kappa shape index (κ1) is 8.27. The summed E-state index contributed by atoms with van der Waals surface area (Å²) in [4.78, 5) is 0. The fourth-order valence-corrected chi connectivity index (χ4v) is 1.49. The van der Waals surface area contributed by atoms with Crippen LogP contribution in [-0.4, -0.2) is 5.11 Å². The fraction of sp³-hybridized carbons (Fsp3) is 0.167. The van der Waals surface area contributed by atoms with Crippen molar-refractivity contribution in [3.05, 3.63) is 53.6 Å². The minimum atomic E-state index is 0.123. The third-order valence-electron chi connectivity index (χ3n) is 2.28. The van der Waals surface area contributed by atoms with Crippen molar-refractivity contribution in [2.75, 3.05) is 0 Å². The summed E-state index contributed by atoms with van der Waals surface area (Å²) in [7, 11) is 0. The van der Waals surface area contributed by atoms with Gasteiger partial charge in [0, 0.05) is 0 Å². The van der Waals surface area contributed by atoms with Crippen LogP contribution in [0.1, 0.15) is 17.5 Å². The number of benzene rings is 1. The number of rotatable bonds is 2. The van der Waals surface area contributed by atoms with Gasteiger partial charge < -0.3 is 5.11 Å². The van der Waals surface area contributed by atoms with E-state index in [0.717, 1.165) is 12.0 Å². The molecule has 0 saturated heterocycles. The average molecular weight is 172 g/mol. The topological polar surface area (TPSA) is 20.2 Å². The third kappa shape index (κ3) is 1.70. The predicted molar refractivity (Wildman–Crippen MR) is 54.1 cm³/mol. The molecule has 1 heteroatoms. The number of aliphatic hydroxyl groups is 1. The van der Waals surface area contributed by atoms with E-state index in [1.807, 2.05) is 12.1 Å². The lowest BCUT2D eigenvalue weighted by Gasteiger charge is -2.02. The molecule has 1 nitrogen and oxygen atoms in total. The maximum absolute atomic E-state index is 8.87. The second kappa shape index (κ2) is 3.58. The van der Waals surface area contributed by atoms with Gasteiger partial charge in [-0.25, -0.2) is 0 Å². The quantitative estimate of drug-likeness (QED) is 0.726.